The van der Waals surface area contributed by atoms with Crippen LogP contribution in [0, 0.1) is 0 Å². The Morgan fingerprint density at radius 3 is 1.34 bits per heavy atom. The molecule has 194 valence electrons. The van der Waals surface area contributed by atoms with E-state index in [1.165, 1.54) is 0 Å². The Balaban J connectivity index is 5.25. The predicted octanol–water partition coefficient (Wildman–Crippen LogP) is 8.03. The number of ether oxygens (including phenoxy) is 1. The average molecular weight is 520 g/mol. The van der Waals surface area contributed by atoms with Gasteiger partial charge in [0.1, 0.15) is 0 Å². The van der Waals surface area contributed by atoms with E-state index in [4.69, 9.17) is 0 Å². The van der Waals surface area contributed by atoms with Crippen molar-refractivity contribution in [1.82, 2.24) is 0 Å². The molecule has 0 aliphatic heterocycles. The summed E-state index contributed by atoms with van der Waals surface area (Å²) in [5.41, 5.74) is 0. The minimum absolute atomic E-state index is 0.241. The molecule has 0 bridgehead atoms. The zero-order valence-corrected chi connectivity index (χ0v) is 18.5. The molecule has 0 fully saturated rings. The first-order chi connectivity index (χ1) is 14.1. The van der Waals surface area contributed by atoms with Gasteiger partial charge >= 0.3 is 35.8 Å². The molecule has 0 aliphatic rings. The molecule has 0 aromatic heterocycles. The molecule has 0 atom stereocenters. The molecule has 0 spiro atoms. The number of rotatable bonds is 14. The molecule has 0 rings (SSSR count). The molecule has 0 aliphatic carbocycles. The van der Waals surface area contributed by atoms with Crippen molar-refractivity contribution in [2.24, 2.45) is 0 Å². The largest absolute Gasteiger partial charge is 0.460 e. The molecule has 0 unspecified atom stereocenters. The van der Waals surface area contributed by atoms with Gasteiger partial charge in [-0.1, -0.05) is 44.9 Å². The van der Waals surface area contributed by atoms with Gasteiger partial charge in [0.25, 0.3) is 0 Å². The highest BCUT2D eigenvalue weighted by atomic mass is 28.3. The van der Waals surface area contributed by atoms with Crippen molar-refractivity contribution in [2.75, 3.05) is 13.2 Å². The van der Waals surface area contributed by atoms with Crippen LogP contribution in [0.4, 0.5) is 57.1 Å². The molecule has 0 radical (unpaired) electrons. The highest BCUT2D eigenvalue weighted by Crippen LogP contribution is 2.60. The molecule has 0 saturated heterocycles. The van der Waals surface area contributed by atoms with Crippen molar-refractivity contribution in [1.29, 1.82) is 0 Å². The van der Waals surface area contributed by atoms with Gasteiger partial charge in [-0.3, -0.25) is 0 Å². The quantitative estimate of drug-likeness (QED) is 0.128. The SMILES string of the molecule is CC[Si](CC)(CC)CCCOCCC(F)(F)C(F)(F)C(F)(F)C(F)(F)C(F)(F)C(F)(F)F. The summed E-state index contributed by atoms with van der Waals surface area (Å²) < 4.78 is 174. The van der Waals surface area contributed by atoms with Gasteiger partial charge < -0.3 is 4.74 Å². The van der Waals surface area contributed by atoms with Gasteiger partial charge in [-0.25, -0.2) is 0 Å². The topological polar surface area (TPSA) is 9.23 Å². The maximum absolute atomic E-state index is 13.6. The Bertz CT molecular complexity index is 577. The summed E-state index contributed by atoms with van der Waals surface area (Å²) in [5.74, 6) is -36.6. The Hall–Kier alpha value is -0.733. The molecular formula is C17H25F13OSi. The van der Waals surface area contributed by atoms with E-state index in [-0.39, 0.29) is 6.61 Å². The standard InChI is InChI=1S/C17H25F13OSi/c1-4-32(5-2,6-3)11-7-9-31-10-8-12(18,19)13(20,21)14(22,23)15(24,25)16(26,27)17(28,29)30/h4-11H2,1-3H3. The Labute approximate surface area is 177 Å². The lowest BCUT2D eigenvalue weighted by Crippen LogP contribution is -2.70. The predicted molar refractivity (Wildman–Crippen MR) is 92.8 cm³/mol. The van der Waals surface area contributed by atoms with Crippen molar-refractivity contribution in [3.63, 3.8) is 0 Å². The molecule has 0 heterocycles. The summed E-state index contributed by atoms with van der Waals surface area (Å²) in [5, 5.41) is 0. The Morgan fingerprint density at radius 1 is 0.562 bits per heavy atom. The molecular weight excluding hydrogens is 495 g/mol. The molecule has 0 N–H and O–H groups in total. The van der Waals surface area contributed by atoms with E-state index in [0.29, 0.717) is 12.5 Å². The number of alkyl halides is 13. The summed E-state index contributed by atoms with van der Waals surface area (Å²) in [6.45, 7) is 4.34. The second kappa shape index (κ2) is 10.3. The molecule has 0 aromatic rings. The van der Waals surface area contributed by atoms with Crippen LogP contribution in [0.2, 0.25) is 24.2 Å². The van der Waals surface area contributed by atoms with E-state index in [1.54, 1.807) is 0 Å². The third-order valence-corrected chi connectivity index (χ3v) is 11.7. The number of hydrogen-bond acceptors (Lipinski definition) is 1. The van der Waals surface area contributed by atoms with E-state index >= 15 is 0 Å². The van der Waals surface area contributed by atoms with Crippen molar-refractivity contribution in [3.05, 3.63) is 0 Å². The third kappa shape index (κ3) is 5.66. The fourth-order valence-corrected chi connectivity index (χ4v) is 6.55. The van der Waals surface area contributed by atoms with Crippen LogP contribution in [-0.4, -0.2) is 57.1 Å². The zero-order valence-electron chi connectivity index (χ0n) is 17.5. The van der Waals surface area contributed by atoms with E-state index in [1.807, 2.05) is 20.8 Å². The highest BCUT2D eigenvalue weighted by Gasteiger charge is 2.90. The van der Waals surface area contributed by atoms with Gasteiger partial charge in [-0.2, -0.15) is 57.1 Å². The summed E-state index contributed by atoms with van der Waals surface area (Å²) in [6, 6.07) is 3.43. The van der Waals surface area contributed by atoms with E-state index in [0.717, 1.165) is 18.1 Å². The average Bonchev–Trinajstić information content (AvgIpc) is 2.66. The lowest BCUT2D eigenvalue weighted by Gasteiger charge is -2.39. The van der Waals surface area contributed by atoms with Gasteiger partial charge in [-0.05, 0) is 6.42 Å². The van der Waals surface area contributed by atoms with Gasteiger partial charge in [0.05, 0.1) is 14.7 Å². The minimum atomic E-state index is -7.86. The monoisotopic (exact) mass is 520 g/mol. The Kier molecular flexibility index (Phi) is 10.0. The van der Waals surface area contributed by atoms with Crippen LogP contribution in [0.15, 0.2) is 0 Å². The van der Waals surface area contributed by atoms with Crippen LogP contribution in [-0.2, 0) is 4.74 Å². The maximum Gasteiger partial charge on any atom is 0.460 e. The van der Waals surface area contributed by atoms with Crippen molar-refractivity contribution in [3.8, 4) is 0 Å². The first-order valence-electron chi connectivity index (χ1n) is 9.67. The fraction of sp³-hybridized carbons (Fsp3) is 1.00. The molecule has 32 heavy (non-hydrogen) atoms. The van der Waals surface area contributed by atoms with E-state index in [2.05, 4.69) is 4.74 Å². The lowest BCUT2D eigenvalue weighted by molar-refractivity contribution is -0.440. The summed E-state index contributed by atoms with van der Waals surface area (Å²) >= 11 is 0. The van der Waals surface area contributed by atoms with E-state index < -0.39 is 56.9 Å². The van der Waals surface area contributed by atoms with Crippen LogP contribution in [0.25, 0.3) is 0 Å². The lowest BCUT2D eigenvalue weighted by atomic mass is 9.93. The summed E-state index contributed by atoms with van der Waals surface area (Å²) in [7, 11) is -1.62. The number of halogens is 13. The molecule has 0 saturated carbocycles. The van der Waals surface area contributed by atoms with Crippen LogP contribution >= 0.6 is 0 Å². The zero-order chi connectivity index (χ0) is 25.9. The molecule has 15 heteroatoms. The van der Waals surface area contributed by atoms with Gasteiger partial charge in [0.2, 0.25) is 0 Å². The molecule has 1 nitrogen and oxygen atoms in total. The fourth-order valence-electron chi connectivity index (χ4n) is 3.09. The molecule has 0 amide bonds. The van der Waals surface area contributed by atoms with Crippen LogP contribution < -0.4 is 0 Å². The van der Waals surface area contributed by atoms with Crippen molar-refractivity contribution >= 4 is 8.07 Å². The van der Waals surface area contributed by atoms with Gasteiger partial charge in [-0.15, -0.1) is 0 Å². The third-order valence-electron chi connectivity index (χ3n) is 5.80. The van der Waals surface area contributed by atoms with Crippen LogP contribution in [0.1, 0.15) is 33.6 Å². The molecule has 0 aromatic carbocycles. The van der Waals surface area contributed by atoms with Crippen molar-refractivity contribution < 1.29 is 61.8 Å². The first-order valence-corrected chi connectivity index (χ1v) is 12.5. The number of hydrogen-bond donors (Lipinski definition) is 0. The van der Waals surface area contributed by atoms with Crippen LogP contribution in [0.5, 0.6) is 0 Å². The van der Waals surface area contributed by atoms with Crippen LogP contribution in [0.3, 0.4) is 0 Å². The first kappa shape index (κ1) is 31.3. The van der Waals surface area contributed by atoms with Gasteiger partial charge in [0, 0.05) is 13.0 Å². The summed E-state index contributed by atoms with van der Waals surface area (Å²) in [4.78, 5) is 0. The van der Waals surface area contributed by atoms with Gasteiger partial charge in [0.15, 0.2) is 0 Å². The van der Waals surface area contributed by atoms with E-state index in [9.17, 15) is 57.1 Å². The highest BCUT2D eigenvalue weighted by molar-refractivity contribution is 6.79. The minimum Gasteiger partial charge on any atom is -0.381 e. The Morgan fingerprint density at radius 2 is 0.969 bits per heavy atom. The smallest absolute Gasteiger partial charge is 0.381 e. The summed E-state index contributed by atoms with van der Waals surface area (Å²) in [6.07, 6.45) is -9.38. The normalized spacial score (nSPS) is 15.4. The second-order valence-corrected chi connectivity index (χ2v) is 13.1. The second-order valence-electron chi connectivity index (χ2n) is 7.53. The maximum atomic E-state index is 13.6. The van der Waals surface area contributed by atoms with Crippen molar-refractivity contribution in [2.45, 2.75) is 93.6 Å².